The molecule has 0 fully saturated rings. The maximum Gasteiger partial charge on any atom is 0.107 e. The van der Waals surface area contributed by atoms with Crippen molar-refractivity contribution in [3.8, 4) is 0 Å². The molecule has 0 amide bonds. The molecule has 0 saturated heterocycles. The maximum atomic E-state index is 5.51. The van der Waals surface area contributed by atoms with E-state index in [1.54, 1.807) is 11.3 Å². The van der Waals surface area contributed by atoms with Crippen LogP contribution in [-0.4, -0.2) is 24.2 Å². The fourth-order valence-electron chi connectivity index (χ4n) is 1.60. The van der Waals surface area contributed by atoms with E-state index >= 15 is 0 Å². The minimum Gasteiger partial charge on any atom is -0.379 e. The number of hydrogen-bond donors (Lipinski definition) is 1. The molecule has 0 unspecified atom stereocenters. The lowest BCUT2D eigenvalue weighted by Crippen LogP contribution is -2.16. The summed E-state index contributed by atoms with van der Waals surface area (Å²) in [7, 11) is 0. The van der Waals surface area contributed by atoms with E-state index in [0.29, 0.717) is 6.10 Å². The molecule has 0 saturated carbocycles. The van der Waals surface area contributed by atoms with Gasteiger partial charge in [0.2, 0.25) is 0 Å². The van der Waals surface area contributed by atoms with Gasteiger partial charge in [-0.15, -0.1) is 11.3 Å². The van der Waals surface area contributed by atoms with Gasteiger partial charge in [-0.05, 0) is 33.2 Å². The van der Waals surface area contributed by atoms with Gasteiger partial charge in [-0.3, -0.25) is 0 Å². The summed E-state index contributed by atoms with van der Waals surface area (Å²) < 4.78 is 5.51. The van der Waals surface area contributed by atoms with Crippen LogP contribution in [0.25, 0.3) is 0 Å². The van der Waals surface area contributed by atoms with Gasteiger partial charge in [0.25, 0.3) is 0 Å². The van der Waals surface area contributed by atoms with Crippen molar-refractivity contribution < 1.29 is 4.74 Å². The molecule has 19 heavy (non-hydrogen) atoms. The molecule has 3 nitrogen and oxygen atoms in total. The monoisotopic (exact) mass is 284 g/mol. The number of nitrogens with zero attached hydrogens (tertiary/aromatic N) is 1. The minimum atomic E-state index is 0.156. The second-order valence-corrected chi connectivity index (χ2v) is 7.12. The van der Waals surface area contributed by atoms with Crippen LogP contribution in [-0.2, 0) is 16.7 Å². The van der Waals surface area contributed by atoms with Crippen LogP contribution in [0.1, 0.15) is 58.2 Å². The molecular formula is C15H28N2OS. The molecule has 1 aromatic rings. The van der Waals surface area contributed by atoms with E-state index in [9.17, 15) is 0 Å². The summed E-state index contributed by atoms with van der Waals surface area (Å²) >= 11 is 1.75. The normalized spacial score (nSPS) is 12.3. The van der Waals surface area contributed by atoms with Gasteiger partial charge in [0, 0.05) is 23.9 Å². The van der Waals surface area contributed by atoms with E-state index in [1.165, 1.54) is 10.7 Å². The van der Waals surface area contributed by atoms with Gasteiger partial charge in [-0.25, -0.2) is 4.98 Å². The Hall–Kier alpha value is -0.450. The predicted molar refractivity (Wildman–Crippen MR) is 82.8 cm³/mol. The van der Waals surface area contributed by atoms with Crippen molar-refractivity contribution in [1.82, 2.24) is 10.3 Å². The third kappa shape index (κ3) is 7.04. The molecule has 0 radical (unpaired) electrons. The molecule has 0 spiro atoms. The molecule has 1 rings (SSSR count). The van der Waals surface area contributed by atoms with Gasteiger partial charge in [0.15, 0.2) is 0 Å². The number of unbranched alkanes of at least 4 members (excludes halogenated alkanes) is 1. The molecule has 1 heterocycles. The largest absolute Gasteiger partial charge is 0.379 e. The van der Waals surface area contributed by atoms with Crippen LogP contribution in [0.3, 0.4) is 0 Å². The Bertz CT molecular complexity index is 355. The standard InChI is InChI=1S/C15H28N2OS/c1-12(2)18-9-7-6-8-16-10-14-17-13(11-19-14)15(3,4)5/h11-12,16H,6-10H2,1-5H3. The average molecular weight is 284 g/mol. The first-order valence-corrected chi connectivity index (χ1v) is 8.05. The fraction of sp³-hybridized carbons (Fsp3) is 0.800. The topological polar surface area (TPSA) is 34.1 Å². The predicted octanol–water partition coefficient (Wildman–Crippen LogP) is 3.74. The minimum absolute atomic E-state index is 0.156. The molecule has 110 valence electrons. The SMILES string of the molecule is CC(C)OCCCCNCc1nc(C(C)(C)C)cs1. The fourth-order valence-corrected chi connectivity index (χ4v) is 2.59. The molecule has 0 aliphatic carbocycles. The highest BCUT2D eigenvalue weighted by atomic mass is 32.1. The molecule has 0 bridgehead atoms. The van der Waals surface area contributed by atoms with Crippen LogP contribution in [0, 0.1) is 0 Å². The van der Waals surface area contributed by atoms with E-state index in [-0.39, 0.29) is 5.41 Å². The summed E-state index contributed by atoms with van der Waals surface area (Å²) in [6, 6.07) is 0. The Labute approximate surface area is 121 Å². The first-order valence-electron chi connectivity index (χ1n) is 7.17. The van der Waals surface area contributed by atoms with Gasteiger partial charge >= 0.3 is 0 Å². The quantitative estimate of drug-likeness (QED) is 0.739. The van der Waals surface area contributed by atoms with E-state index in [0.717, 1.165) is 32.5 Å². The Morgan fingerprint density at radius 2 is 2.05 bits per heavy atom. The summed E-state index contributed by atoms with van der Waals surface area (Å²) in [5.41, 5.74) is 1.35. The zero-order valence-electron chi connectivity index (χ0n) is 13.0. The molecule has 0 atom stereocenters. The van der Waals surface area contributed by atoms with Gasteiger partial charge in [0.05, 0.1) is 11.8 Å². The van der Waals surface area contributed by atoms with Crippen molar-refractivity contribution in [2.24, 2.45) is 0 Å². The highest BCUT2D eigenvalue weighted by Crippen LogP contribution is 2.23. The lowest BCUT2D eigenvalue weighted by atomic mass is 9.93. The molecule has 1 N–H and O–H groups in total. The van der Waals surface area contributed by atoms with Crippen LogP contribution >= 0.6 is 11.3 Å². The van der Waals surface area contributed by atoms with Crippen molar-refractivity contribution >= 4 is 11.3 Å². The van der Waals surface area contributed by atoms with Gasteiger partial charge in [-0.1, -0.05) is 20.8 Å². The second kappa shape index (κ2) is 7.98. The Morgan fingerprint density at radius 3 is 2.63 bits per heavy atom. The van der Waals surface area contributed by atoms with Crippen molar-refractivity contribution in [2.45, 2.75) is 65.5 Å². The highest BCUT2D eigenvalue weighted by molar-refractivity contribution is 7.09. The van der Waals surface area contributed by atoms with Gasteiger partial charge < -0.3 is 10.1 Å². The summed E-state index contributed by atoms with van der Waals surface area (Å²) in [6.07, 6.45) is 2.62. The maximum absolute atomic E-state index is 5.51. The molecule has 0 aliphatic heterocycles. The number of aromatic nitrogens is 1. The first-order chi connectivity index (χ1) is 8.89. The van der Waals surface area contributed by atoms with Crippen LogP contribution in [0.2, 0.25) is 0 Å². The average Bonchev–Trinajstić information content (AvgIpc) is 2.75. The molecule has 1 aromatic heterocycles. The summed E-state index contributed by atoms with van der Waals surface area (Å²) in [6.45, 7) is 13.5. The Kier molecular flexibility index (Phi) is 6.97. The number of hydrogen-bond acceptors (Lipinski definition) is 4. The Balaban J connectivity index is 2.11. The van der Waals surface area contributed by atoms with E-state index in [4.69, 9.17) is 4.74 Å². The number of nitrogens with one attached hydrogen (secondary N) is 1. The molecule has 0 aromatic carbocycles. The zero-order chi connectivity index (χ0) is 14.3. The van der Waals surface area contributed by atoms with Gasteiger partial charge in [0.1, 0.15) is 5.01 Å². The number of rotatable bonds is 8. The van der Waals surface area contributed by atoms with Crippen LogP contribution in [0.15, 0.2) is 5.38 Å². The van der Waals surface area contributed by atoms with E-state index < -0.39 is 0 Å². The molecule has 0 aliphatic rings. The second-order valence-electron chi connectivity index (χ2n) is 6.18. The lowest BCUT2D eigenvalue weighted by Gasteiger charge is -2.14. The molecular weight excluding hydrogens is 256 g/mol. The lowest BCUT2D eigenvalue weighted by molar-refractivity contribution is 0.0760. The molecule has 4 heteroatoms. The number of thiazole rings is 1. The van der Waals surface area contributed by atoms with Gasteiger partial charge in [-0.2, -0.15) is 0 Å². The highest BCUT2D eigenvalue weighted by Gasteiger charge is 2.16. The number of ether oxygens (including phenoxy) is 1. The van der Waals surface area contributed by atoms with Crippen LogP contribution in [0.4, 0.5) is 0 Å². The Morgan fingerprint density at radius 1 is 1.32 bits per heavy atom. The third-order valence-electron chi connectivity index (χ3n) is 2.80. The third-order valence-corrected chi connectivity index (χ3v) is 3.64. The summed E-state index contributed by atoms with van der Waals surface area (Å²) in [4.78, 5) is 4.67. The first kappa shape index (κ1) is 16.6. The van der Waals surface area contributed by atoms with Crippen molar-refractivity contribution in [1.29, 1.82) is 0 Å². The van der Waals surface area contributed by atoms with Crippen molar-refractivity contribution in [2.75, 3.05) is 13.2 Å². The summed E-state index contributed by atoms with van der Waals surface area (Å²) in [5.74, 6) is 0. The van der Waals surface area contributed by atoms with Crippen molar-refractivity contribution in [3.63, 3.8) is 0 Å². The van der Waals surface area contributed by atoms with E-state index in [2.05, 4.69) is 50.3 Å². The smallest absolute Gasteiger partial charge is 0.107 e. The zero-order valence-corrected chi connectivity index (χ0v) is 13.8. The van der Waals surface area contributed by atoms with E-state index in [1.807, 2.05) is 0 Å². The summed E-state index contributed by atoms with van der Waals surface area (Å²) in [5, 5.41) is 6.80. The van der Waals surface area contributed by atoms with Crippen molar-refractivity contribution in [3.05, 3.63) is 16.1 Å². The van der Waals surface area contributed by atoms with Crippen LogP contribution in [0.5, 0.6) is 0 Å². The van der Waals surface area contributed by atoms with Crippen LogP contribution < -0.4 is 5.32 Å².